The molecule has 0 amide bonds. The first-order valence-corrected chi connectivity index (χ1v) is 5.64. The lowest BCUT2D eigenvalue weighted by Gasteiger charge is -2.27. The van der Waals surface area contributed by atoms with E-state index < -0.39 is 34.9 Å². The summed E-state index contributed by atoms with van der Waals surface area (Å²) in [6.07, 6.45) is 0. The SMILES string of the molecule is CC(C)(C)C(N)C(=O)OC(=O)C(N)C(C)(C)C. The van der Waals surface area contributed by atoms with Crippen LogP contribution in [0.5, 0.6) is 0 Å². The van der Waals surface area contributed by atoms with Crippen LogP contribution >= 0.6 is 0 Å². The molecule has 100 valence electrons. The van der Waals surface area contributed by atoms with Crippen LogP contribution in [-0.4, -0.2) is 24.0 Å². The second-order valence-electron chi connectivity index (χ2n) is 6.43. The first-order chi connectivity index (χ1) is 7.37. The maximum atomic E-state index is 11.6. The van der Waals surface area contributed by atoms with E-state index in [0.29, 0.717) is 0 Å². The maximum Gasteiger partial charge on any atom is 0.331 e. The van der Waals surface area contributed by atoms with Gasteiger partial charge >= 0.3 is 11.9 Å². The van der Waals surface area contributed by atoms with Crippen molar-refractivity contribution < 1.29 is 14.3 Å². The zero-order valence-corrected chi connectivity index (χ0v) is 11.5. The minimum Gasteiger partial charge on any atom is -0.391 e. The lowest BCUT2D eigenvalue weighted by atomic mass is 9.86. The van der Waals surface area contributed by atoms with E-state index >= 15 is 0 Å². The monoisotopic (exact) mass is 244 g/mol. The molecule has 5 heteroatoms. The predicted molar refractivity (Wildman–Crippen MR) is 66.0 cm³/mol. The number of rotatable bonds is 2. The minimum atomic E-state index is -0.849. The lowest BCUT2D eigenvalue weighted by molar-refractivity contribution is -0.164. The van der Waals surface area contributed by atoms with E-state index in [1.165, 1.54) is 0 Å². The Kier molecular flexibility index (Phi) is 4.86. The first-order valence-electron chi connectivity index (χ1n) is 5.64. The molecule has 0 aliphatic carbocycles. The number of hydrogen-bond acceptors (Lipinski definition) is 5. The van der Waals surface area contributed by atoms with Crippen molar-refractivity contribution in [1.29, 1.82) is 0 Å². The van der Waals surface area contributed by atoms with Gasteiger partial charge in [0.05, 0.1) is 0 Å². The molecular weight excluding hydrogens is 220 g/mol. The minimum absolute atomic E-state index is 0.455. The number of carbonyl (C=O) groups excluding carboxylic acids is 2. The van der Waals surface area contributed by atoms with Gasteiger partial charge in [0.15, 0.2) is 0 Å². The van der Waals surface area contributed by atoms with Gasteiger partial charge in [0, 0.05) is 0 Å². The highest BCUT2D eigenvalue weighted by molar-refractivity contribution is 5.91. The van der Waals surface area contributed by atoms with Gasteiger partial charge in [-0.15, -0.1) is 0 Å². The number of carbonyl (C=O) groups is 2. The molecule has 5 nitrogen and oxygen atoms in total. The van der Waals surface area contributed by atoms with E-state index in [0.717, 1.165) is 0 Å². The average molecular weight is 244 g/mol. The van der Waals surface area contributed by atoms with Crippen LogP contribution in [0.3, 0.4) is 0 Å². The van der Waals surface area contributed by atoms with Crippen molar-refractivity contribution in [3.8, 4) is 0 Å². The van der Waals surface area contributed by atoms with Crippen LogP contribution in [0.25, 0.3) is 0 Å². The Balaban J connectivity index is 4.57. The van der Waals surface area contributed by atoms with Crippen molar-refractivity contribution in [1.82, 2.24) is 0 Å². The van der Waals surface area contributed by atoms with E-state index in [2.05, 4.69) is 0 Å². The summed E-state index contributed by atoms with van der Waals surface area (Å²) in [5.74, 6) is -1.47. The molecule has 0 saturated carbocycles. The summed E-state index contributed by atoms with van der Waals surface area (Å²) in [4.78, 5) is 23.2. The van der Waals surface area contributed by atoms with Crippen molar-refractivity contribution in [2.24, 2.45) is 22.3 Å². The fraction of sp³-hybridized carbons (Fsp3) is 0.833. The van der Waals surface area contributed by atoms with Crippen molar-refractivity contribution in [2.75, 3.05) is 0 Å². The molecule has 0 bridgehead atoms. The van der Waals surface area contributed by atoms with Gasteiger partial charge in [0.2, 0.25) is 0 Å². The number of esters is 2. The molecule has 2 atom stereocenters. The molecule has 0 aliphatic rings. The molecule has 0 rings (SSSR count). The molecule has 0 saturated heterocycles. The van der Waals surface area contributed by atoms with Gasteiger partial charge in [0.25, 0.3) is 0 Å². The molecule has 4 N–H and O–H groups in total. The van der Waals surface area contributed by atoms with Gasteiger partial charge in [-0.2, -0.15) is 0 Å². The van der Waals surface area contributed by atoms with Crippen molar-refractivity contribution in [2.45, 2.75) is 53.6 Å². The Labute approximate surface area is 103 Å². The molecule has 0 aliphatic heterocycles. The van der Waals surface area contributed by atoms with E-state index in [-0.39, 0.29) is 0 Å². The number of nitrogens with two attached hydrogens (primary N) is 2. The Morgan fingerprint density at radius 2 is 1.06 bits per heavy atom. The zero-order chi connectivity index (χ0) is 14.0. The summed E-state index contributed by atoms with van der Waals surface area (Å²) in [5.41, 5.74) is 10.5. The predicted octanol–water partition coefficient (Wildman–Crippen LogP) is 0.803. The van der Waals surface area contributed by atoms with Gasteiger partial charge in [-0.1, -0.05) is 41.5 Å². The van der Waals surface area contributed by atoms with Crippen LogP contribution < -0.4 is 11.5 Å². The third-order valence-corrected chi connectivity index (χ3v) is 2.58. The molecule has 0 radical (unpaired) electrons. The first kappa shape index (κ1) is 16.1. The molecule has 0 spiro atoms. The topological polar surface area (TPSA) is 95.4 Å². The average Bonchev–Trinajstić information content (AvgIpc) is 2.12. The summed E-state index contributed by atoms with van der Waals surface area (Å²) < 4.78 is 4.70. The van der Waals surface area contributed by atoms with Crippen LogP contribution in [0.4, 0.5) is 0 Å². The fourth-order valence-corrected chi connectivity index (χ4v) is 0.933. The van der Waals surface area contributed by atoms with E-state index in [4.69, 9.17) is 16.2 Å². The highest BCUT2D eigenvalue weighted by Gasteiger charge is 2.34. The van der Waals surface area contributed by atoms with Crippen LogP contribution in [-0.2, 0) is 14.3 Å². The Morgan fingerprint density at radius 3 is 1.24 bits per heavy atom. The molecule has 17 heavy (non-hydrogen) atoms. The molecule has 0 aromatic heterocycles. The van der Waals surface area contributed by atoms with Gasteiger partial charge in [-0.25, -0.2) is 9.59 Å². The maximum absolute atomic E-state index is 11.6. The van der Waals surface area contributed by atoms with E-state index in [9.17, 15) is 9.59 Å². The molecule has 0 fully saturated rings. The van der Waals surface area contributed by atoms with Crippen LogP contribution in [0.1, 0.15) is 41.5 Å². The van der Waals surface area contributed by atoms with Crippen LogP contribution in [0.15, 0.2) is 0 Å². The van der Waals surface area contributed by atoms with Crippen molar-refractivity contribution in [3.63, 3.8) is 0 Å². The summed E-state index contributed by atoms with van der Waals surface area (Å²) in [6.45, 7) is 10.8. The second kappa shape index (κ2) is 5.14. The van der Waals surface area contributed by atoms with Gasteiger partial charge in [0.1, 0.15) is 12.1 Å². The smallest absolute Gasteiger partial charge is 0.331 e. The third kappa shape index (κ3) is 4.83. The van der Waals surface area contributed by atoms with E-state index in [1.807, 2.05) is 0 Å². The summed E-state index contributed by atoms with van der Waals surface area (Å²) >= 11 is 0. The van der Waals surface area contributed by atoms with Gasteiger partial charge < -0.3 is 16.2 Å². The Morgan fingerprint density at radius 1 is 0.824 bits per heavy atom. The highest BCUT2D eigenvalue weighted by Crippen LogP contribution is 2.21. The standard InChI is InChI=1S/C12H24N2O3/c1-11(2,3)7(13)9(15)17-10(16)8(14)12(4,5)6/h7-8H,13-14H2,1-6H3. The molecule has 0 aromatic carbocycles. The van der Waals surface area contributed by atoms with E-state index in [1.54, 1.807) is 41.5 Å². The third-order valence-electron chi connectivity index (χ3n) is 2.58. The van der Waals surface area contributed by atoms with Crippen LogP contribution in [0, 0.1) is 10.8 Å². The normalized spacial score (nSPS) is 16.2. The lowest BCUT2D eigenvalue weighted by Crippen LogP contribution is -2.49. The molecule has 2 unspecified atom stereocenters. The largest absolute Gasteiger partial charge is 0.391 e. The second-order valence-corrected chi connectivity index (χ2v) is 6.43. The van der Waals surface area contributed by atoms with Crippen molar-refractivity contribution >= 4 is 11.9 Å². The Hall–Kier alpha value is -0.940. The number of hydrogen-bond donors (Lipinski definition) is 2. The molecule has 0 aromatic rings. The molecular formula is C12H24N2O3. The zero-order valence-electron chi connectivity index (χ0n) is 11.5. The number of ether oxygens (including phenoxy) is 1. The summed E-state index contributed by atoms with van der Waals surface area (Å²) in [6, 6.07) is -1.70. The van der Waals surface area contributed by atoms with Gasteiger partial charge in [-0.3, -0.25) is 0 Å². The van der Waals surface area contributed by atoms with Crippen LogP contribution in [0.2, 0.25) is 0 Å². The quantitative estimate of drug-likeness (QED) is 0.553. The highest BCUT2D eigenvalue weighted by atomic mass is 16.6. The fourth-order valence-electron chi connectivity index (χ4n) is 0.933. The van der Waals surface area contributed by atoms with Gasteiger partial charge in [-0.05, 0) is 10.8 Å². The van der Waals surface area contributed by atoms with Crippen molar-refractivity contribution in [3.05, 3.63) is 0 Å². The summed E-state index contributed by atoms with van der Waals surface area (Å²) in [5, 5.41) is 0. The molecule has 0 heterocycles. The summed E-state index contributed by atoms with van der Waals surface area (Å²) in [7, 11) is 0. The Bertz CT molecular complexity index is 270.